The third-order valence-electron chi connectivity index (χ3n) is 12.9. The Labute approximate surface area is 461 Å². The van der Waals surface area contributed by atoms with Crippen molar-refractivity contribution in [1.29, 1.82) is 0 Å². The Kier molecular flexibility index (Phi) is 18.9. The third kappa shape index (κ3) is 13.1. The normalized spacial score (nSPS) is 11.6. The fraction of sp³-hybridized carbons (Fsp3) is 0.443. The van der Waals surface area contributed by atoms with Crippen molar-refractivity contribution in [3.63, 3.8) is 0 Å². The number of hydrogen-bond acceptors (Lipinski definition) is 13. The number of hydrogen-bond donors (Lipinski definition) is 1. The van der Waals surface area contributed by atoms with Gasteiger partial charge in [0.2, 0.25) is 0 Å². The van der Waals surface area contributed by atoms with Crippen LogP contribution in [0.25, 0.3) is 89.7 Å². The molecule has 0 radical (unpaired) electrons. The SMILES string of the molecule is CCCCOc1cc2c(cc1OCCCC)-c1nc-2nc2[n-]c(nc3nc(nc4[n-]c(n1)c1cc(OCCCC)c(OCCCC)cc41)-c1cc(OCCCC)c(OCCCC)cc1-3)c1cc(C#CC(C)(C)O)ccc21.[Ni+2]. The van der Waals surface area contributed by atoms with E-state index in [4.69, 9.17) is 68.3 Å². The molecule has 9 rings (SSSR count). The standard InChI is InChI=1S/C61H70N8O7.Ni/c1-9-15-25-71-47-32-41-42(33-48(47)72-26-16-10-2)57-65-55(41)63-53-39-22-21-38(23-24-61(7,8)70)31-40(39)54(62-53)64-56-43-34-49(73-27-17-11-3)50(74-28-18-12-4)35-44(43)58(66-56)68-60-46-37-52(76-30-20-14-6)51(75-29-19-13-5)36-45(46)59(67-57)69-60;/h21-22,31-37,70H,9-20,25-30H2,1-8H3;/q-2;+2. The van der Waals surface area contributed by atoms with Crippen molar-refractivity contribution in [2.75, 3.05) is 39.6 Å². The van der Waals surface area contributed by atoms with Gasteiger partial charge >= 0.3 is 16.5 Å². The Morgan fingerprint density at radius 2 is 0.688 bits per heavy atom. The van der Waals surface area contributed by atoms with E-state index in [1.165, 1.54) is 0 Å². The maximum absolute atomic E-state index is 10.6. The van der Waals surface area contributed by atoms with Crippen molar-refractivity contribution in [2.45, 2.75) is 138 Å². The molecule has 3 aromatic heterocycles. The Bertz CT molecular complexity index is 3450. The van der Waals surface area contributed by atoms with Gasteiger partial charge in [-0.25, -0.2) is 9.97 Å². The molecule has 406 valence electrons. The molecule has 0 amide bonds. The maximum Gasteiger partial charge on any atom is 2.00 e. The number of rotatable bonds is 24. The number of ether oxygens (including phenoxy) is 6. The van der Waals surface area contributed by atoms with E-state index in [-0.39, 0.29) is 16.5 Å². The monoisotopic (exact) mass is 1080 g/mol. The minimum Gasteiger partial charge on any atom is -0.490 e. The van der Waals surface area contributed by atoms with E-state index in [0.717, 1.165) is 77.0 Å². The molecule has 5 heterocycles. The molecule has 1 N–H and O–H groups in total. The van der Waals surface area contributed by atoms with Gasteiger partial charge in [0.1, 0.15) is 5.60 Å². The van der Waals surface area contributed by atoms with Gasteiger partial charge in [-0.05, 0) is 122 Å². The topological polar surface area (TPSA) is 181 Å². The van der Waals surface area contributed by atoms with Crippen LogP contribution in [0, 0.1) is 11.8 Å². The molecular formula is C61H70N8NiO7. The number of nitrogens with zero attached hydrogens (tertiary/aromatic N) is 8. The Morgan fingerprint density at radius 1 is 0.403 bits per heavy atom. The van der Waals surface area contributed by atoms with E-state index < -0.39 is 5.60 Å². The molecule has 2 aliphatic heterocycles. The molecule has 2 aliphatic rings. The van der Waals surface area contributed by atoms with Gasteiger partial charge in [-0.2, -0.15) is 0 Å². The van der Waals surface area contributed by atoms with Crippen molar-refractivity contribution < 1.29 is 50.0 Å². The molecule has 8 bridgehead atoms. The van der Waals surface area contributed by atoms with Crippen molar-refractivity contribution >= 4 is 44.1 Å². The van der Waals surface area contributed by atoms with E-state index in [1.54, 1.807) is 13.8 Å². The minimum atomic E-state index is -1.21. The smallest absolute Gasteiger partial charge is 0.490 e. The predicted molar refractivity (Wildman–Crippen MR) is 300 cm³/mol. The third-order valence-corrected chi connectivity index (χ3v) is 12.9. The number of fused-ring (bicyclic) bond motifs is 20. The van der Waals surface area contributed by atoms with Crippen LogP contribution >= 0.6 is 0 Å². The van der Waals surface area contributed by atoms with Gasteiger partial charge in [0.25, 0.3) is 0 Å². The minimum absolute atomic E-state index is 0. The fourth-order valence-electron chi connectivity index (χ4n) is 8.62. The Hall–Kier alpha value is -6.95. The molecular weight excluding hydrogens is 1020 g/mol. The summed E-state index contributed by atoms with van der Waals surface area (Å²) in [6, 6.07) is 17.4. The first-order valence-corrected chi connectivity index (χ1v) is 27.5. The number of aromatic nitrogens is 8. The average molecular weight is 1090 g/mol. The molecule has 15 nitrogen and oxygen atoms in total. The molecule has 0 spiro atoms. The van der Waals surface area contributed by atoms with Crippen molar-refractivity contribution in [1.82, 2.24) is 39.9 Å². The van der Waals surface area contributed by atoms with Crippen LogP contribution in [0.5, 0.6) is 34.5 Å². The van der Waals surface area contributed by atoms with Gasteiger partial charge in [0, 0.05) is 50.4 Å². The van der Waals surface area contributed by atoms with Crippen LogP contribution in [0.2, 0.25) is 0 Å². The number of benzene rings is 4. The molecule has 0 saturated heterocycles. The summed E-state index contributed by atoms with van der Waals surface area (Å²) in [5.74, 6) is 11.1. The van der Waals surface area contributed by atoms with Crippen LogP contribution in [-0.4, -0.2) is 80.3 Å². The average Bonchev–Trinajstić information content (AvgIpc) is 4.18. The van der Waals surface area contributed by atoms with Gasteiger partial charge in [0.05, 0.1) is 62.9 Å². The summed E-state index contributed by atoms with van der Waals surface area (Å²) in [5.41, 5.74) is 3.68. The molecule has 0 atom stereocenters. The van der Waals surface area contributed by atoms with E-state index in [1.807, 2.05) is 54.6 Å². The van der Waals surface area contributed by atoms with E-state index in [2.05, 4.69) is 53.4 Å². The maximum atomic E-state index is 10.6. The summed E-state index contributed by atoms with van der Waals surface area (Å²) in [4.78, 5) is 42.0. The molecule has 0 fully saturated rings. The quantitative estimate of drug-likeness (QED) is 0.0342. The first-order valence-electron chi connectivity index (χ1n) is 27.5. The van der Waals surface area contributed by atoms with Crippen LogP contribution in [-0.2, 0) is 16.5 Å². The largest absolute Gasteiger partial charge is 2.00 e. The fourth-order valence-corrected chi connectivity index (χ4v) is 8.62. The van der Waals surface area contributed by atoms with Gasteiger partial charge < -0.3 is 63.4 Å². The van der Waals surface area contributed by atoms with E-state index in [0.29, 0.717) is 169 Å². The number of aliphatic hydroxyl groups is 1. The zero-order valence-electron chi connectivity index (χ0n) is 45.7. The first-order chi connectivity index (χ1) is 37.0. The molecule has 0 aliphatic carbocycles. The first kappa shape index (κ1) is 56.3. The van der Waals surface area contributed by atoms with Crippen LogP contribution in [0.3, 0.4) is 0 Å². The second kappa shape index (κ2) is 25.9. The zero-order chi connectivity index (χ0) is 53.2. The summed E-state index contributed by atoms with van der Waals surface area (Å²) in [6.45, 7) is 19.2. The van der Waals surface area contributed by atoms with Crippen molar-refractivity contribution in [3.8, 4) is 91.9 Å². The second-order valence-electron chi connectivity index (χ2n) is 19.8. The molecule has 77 heavy (non-hydrogen) atoms. The van der Waals surface area contributed by atoms with Gasteiger partial charge in [-0.3, -0.25) is 0 Å². The predicted octanol–water partition coefficient (Wildman–Crippen LogP) is 13.3. The van der Waals surface area contributed by atoms with Gasteiger partial charge in [0.15, 0.2) is 34.5 Å². The van der Waals surface area contributed by atoms with Crippen LogP contribution < -0.4 is 38.4 Å². The molecule has 0 unspecified atom stereocenters. The van der Waals surface area contributed by atoms with Crippen LogP contribution in [0.15, 0.2) is 54.6 Å². The van der Waals surface area contributed by atoms with E-state index in [9.17, 15) is 5.11 Å². The zero-order valence-corrected chi connectivity index (χ0v) is 46.7. The number of unbranched alkanes of at least 4 members (excludes halogenated alkanes) is 6. The molecule has 7 aromatic rings. The molecule has 0 saturated carbocycles. The second-order valence-corrected chi connectivity index (χ2v) is 19.8. The van der Waals surface area contributed by atoms with Crippen molar-refractivity contribution in [2.24, 2.45) is 0 Å². The van der Waals surface area contributed by atoms with Crippen molar-refractivity contribution in [3.05, 3.63) is 60.2 Å². The van der Waals surface area contributed by atoms with Crippen LogP contribution in [0.1, 0.15) is 138 Å². The van der Waals surface area contributed by atoms with Gasteiger partial charge in [-0.15, -0.1) is 0 Å². The van der Waals surface area contributed by atoms with Crippen LogP contribution in [0.4, 0.5) is 0 Å². The van der Waals surface area contributed by atoms with E-state index >= 15 is 0 Å². The molecule has 4 aromatic carbocycles. The Morgan fingerprint density at radius 3 is 0.987 bits per heavy atom. The Balaban J connectivity index is 0.00000784. The summed E-state index contributed by atoms with van der Waals surface area (Å²) in [6.07, 6.45) is 11.0. The summed E-state index contributed by atoms with van der Waals surface area (Å²) in [5, 5.41) is 13.4. The summed E-state index contributed by atoms with van der Waals surface area (Å²) >= 11 is 0. The molecule has 16 heteroatoms. The summed E-state index contributed by atoms with van der Waals surface area (Å²) < 4.78 is 38.8. The van der Waals surface area contributed by atoms with Gasteiger partial charge in [-0.1, -0.05) is 98.0 Å². The summed E-state index contributed by atoms with van der Waals surface area (Å²) in [7, 11) is 0.